The van der Waals surface area contributed by atoms with Gasteiger partial charge < -0.3 is 5.32 Å². The zero-order valence-electron chi connectivity index (χ0n) is 14.3. The highest BCUT2D eigenvalue weighted by molar-refractivity contribution is 5.38. The number of aromatic nitrogens is 1. The van der Waals surface area contributed by atoms with Crippen LogP contribution in [0.4, 0.5) is 5.82 Å². The summed E-state index contributed by atoms with van der Waals surface area (Å²) in [5, 5.41) is 3.44. The van der Waals surface area contributed by atoms with Crippen LogP contribution in [0.25, 0.3) is 0 Å². The maximum absolute atomic E-state index is 4.33. The van der Waals surface area contributed by atoms with Crippen LogP contribution >= 0.6 is 0 Å². The second-order valence-electron chi connectivity index (χ2n) is 6.34. The largest absolute Gasteiger partial charge is 0.364 e. The van der Waals surface area contributed by atoms with Gasteiger partial charge in [0.05, 0.1) is 0 Å². The Balaban J connectivity index is 1.64. The molecule has 2 nitrogen and oxygen atoms in total. The molecular weight excluding hydrogens is 292 g/mol. The van der Waals surface area contributed by atoms with Crippen molar-refractivity contribution in [3.63, 3.8) is 0 Å². The Morgan fingerprint density at radius 2 is 1.46 bits per heavy atom. The minimum atomic E-state index is 0.235. The summed E-state index contributed by atoms with van der Waals surface area (Å²) in [5.41, 5.74) is 4.04. The Hall–Kier alpha value is -2.61. The molecule has 1 N–H and O–H groups in total. The summed E-state index contributed by atoms with van der Waals surface area (Å²) >= 11 is 0. The monoisotopic (exact) mass is 316 g/mol. The lowest BCUT2D eigenvalue weighted by Gasteiger charge is -2.17. The van der Waals surface area contributed by atoms with E-state index in [0.717, 1.165) is 12.2 Å². The molecule has 24 heavy (non-hydrogen) atoms. The number of anilines is 1. The van der Waals surface area contributed by atoms with E-state index in [0.29, 0.717) is 5.92 Å². The predicted octanol–water partition coefficient (Wildman–Crippen LogP) is 5.60. The molecule has 2 aromatic carbocycles. The number of nitrogens with zero attached hydrogens (tertiary/aromatic N) is 1. The van der Waals surface area contributed by atoms with Crippen LogP contribution in [-0.4, -0.2) is 4.98 Å². The van der Waals surface area contributed by atoms with Crippen molar-refractivity contribution in [2.45, 2.75) is 32.2 Å². The topological polar surface area (TPSA) is 24.9 Å². The molecule has 0 spiro atoms. The maximum atomic E-state index is 4.33. The maximum Gasteiger partial charge on any atom is 0.126 e. The van der Waals surface area contributed by atoms with Crippen molar-refractivity contribution in [3.8, 4) is 0 Å². The van der Waals surface area contributed by atoms with E-state index in [1.807, 2.05) is 24.4 Å². The van der Waals surface area contributed by atoms with Crippen LogP contribution < -0.4 is 5.32 Å². The van der Waals surface area contributed by atoms with E-state index in [1.54, 1.807) is 0 Å². The molecule has 0 aliphatic heterocycles. The van der Waals surface area contributed by atoms with Crippen LogP contribution in [0, 0.1) is 0 Å². The number of pyridine rings is 1. The van der Waals surface area contributed by atoms with Gasteiger partial charge in [0.2, 0.25) is 0 Å². The van der Waals surface area contributed by atoms with Crippen molar-refractivity contribution in [1.29, 1.82) is 0 Å². The normalized spacial score (nSPS) is 13.2. The zero-order valence-corrected chi connectivity index (χ0v) is 14.3. The SMILES string of the molecule is CC(Cc1ccccc1)c1ccc(C(C)Nc2ccccn2)cc1. The molecule has 2 atom stereocenters. The summed E-state index contributed by atoms with van der Waals surface area (Å²) in [5.74, 6) is 1.42. The Kier molecular flexibility index (Phi) is 5.27. The van der Waals surface area contributed by atoms with Crippen molar-refractivity contribution >= 4 is 5.82 Å². The van der Waals surface area contributed by atoms with Crippen molar-refractivity contribution in [2.75, 3.05) is 5.32 Å². The first-order valence-electron chi connectivity index (χ1n) is 8.54. The van der Waals surface area contributed by atoms with Crippen LogP contribution in [-0.2, 0) is 6.42 Å². The molecule has 3 rings (SSSR count). The van der Waals surface area contributed by atoms with Gasteiger partial charge in [-0.2, -0.15) is 0 Å². The molecule has 0 radical (unpaired) electrons. The summed E-state index contributed by atoms with van der Waals surface area (Å²) in [6.07, 6.45) is 2.88. The predicted molar refractivity (Wildman–Crippen MR) is 101 cm³/mol. The van der Waals surface area contributed by atoms with Gasteiger partial charge in [0, 0.05) is 12.2 Å². The number of hydrogen-bond acceptors (Lipinski definition) is 2. The summed E-state index contributed by atoms with van der Waals surface area (Å²) in [7, 11) is 0. The van der Waals surface area contributed by atoms with Crippen LogP contribution in [0.15, 0.2) is 79.0 Å². The smallest absolute Gasteiger partial charge is 0.126 e. The molecule has 0 bridgehead atoms. The average molecular weight is 316 g/mol. The minimum absolute atomic E-state index is 0.235. The second kappa shape index (κ2) is 7.78. The fourth-order valence-electron chi connectivity index (χ4n) is 2.95. The van der Waals surface area contributed by atoms with Crippen molar-refractivity contribution in [3.05, 3.63) is 95.7 Å². The molecule has 0 saturated heterocycles. The molecule has 1 heterocycles. The first-order valence-corrected chi connectivity index (χ1v) is 8.54. The molecule has 0 fully saturated rings. The lowest BCUT2D eigenvalue weighted by atomic mass is 9.92. The van der Waals surface area contributed by atoms with Gasteiger partial charge >= 0.3 is 0 Å². The highest BCUT2D eigenvalue weighted by Crippen LogP contribution is 2.23. The van der Waals surface area contributed by atoms with Gasteiger partial charge in [0.15, 0.2) is 0 Å². The summed E-state index contributed by atoms with van der Waals surface area (Å²) in [4.78, 5) is 4.33. The molecule has 2 unspecified atom stereocenters. The van der Waals surface area contributed by atoms with Gasteiger partial charge in [-0.3, -0.25) is 0 Å². The van der Waals surface area contributed by atoms with E-state index < -0.39 is 0 Å². The Morgan fingerprint density at radius 1 is 0.792 bits per heavy atom. The Bertz CT molecular complexity index is 669. The molecule has 0 saturated carbocycles. The van der Waals surface area contributed by atoms with Gasteiger partial charge in [0.1, 0.15) is 5.82 Å². The van der Waals surface area contributed by atoms with E-state index >= 15 is 0 Å². The van der Waals surface area contributed by atoms with Gasteiger partial charge in [-0.1, -0.05) is 67.6 Å². The Labute approximate surface area is 144 Å². The van der Waals surface area contributed by atoms with Gasteiger partial charge in [-0.15, -0.1) is 0 Å². The van der Waals surface area contributed by atoms with Crippen LogP contribution in [0.5, 0.6) is 0 Å². The summed E-state index contributed by atoms with van der Waals surface area (Å²) in [6.45, 7) is 4.45. The number of hydrogen-bond donors (Lipinski definition) is 1. The fourth-order valence-corrected chi connectivity index (χ4v) is 2.95. The highest BCUT2D eigenvalue weighted by Gasteiger charge is 2.09. The number of benzene rings is 2. The number of nitrogens with one attached hydrogen (secondary N) is 1. The standard InChI is InChI=1S/C22H24N2/c1-17(16-19-8-4-3-5-9-19)20-11-13-21(14-12-20)18(2)24-22-10-6-7-15-23-22/h3-15,17-18H,16H2,1-2H3,(H,23,24). The van der Waals surface area contributed by atoms with Crippen molar-refractivity contribution in [1.82, 2.24) is 4.98 Å². The van der Waals surface area contributed by atoms with E-state index in [2.05, 4.69) is 78.7 Å². The van der Waals surface area contributed by atoms with Gasteiger partial charge in [0.25, 0.3) is 0 Å². The molecule has 3 aromatic rings. The van der Waals surface area contributed by atoms with Crippen LogP contribution in [0.3, 0.4) is 0 Å². The van der Waals surface area contributed by atoms with E-state index in [9.17, 15) is 0 Å². The molecule has 2 heteroatoms. The van der Waals surface area contributed by atoms with Crippen LogP contribution in [0.2, 0.25) is 0 Å². The third kappa shape index (κ3) is 4.23. The second-order valence-corrected chi connectivity index (χ2v) is 6.34. The fraction of sp³-hybridized carbons (Fsp3) is 0.227. The Morgan fingerprint density at radius 3 is 2.12 bits per heavy atom. The number of rotatable bonds is 6. The molecule has 1 aromatic heterocycles. The van der Waals surface area contributed by atoms with Gasteiger partial charge in [-0.25, -0.2) is 4.98 Å². The third-order valence-corrected chi connectivity index (χ3v) is 4.42. The highest BCUT2D eigenvalue weighted by atomic mass is 15.0. The summed E-state index contributed by atoms with van der Waals surface area (Å²) < 4.78 is 0. The van der Waals surface area contributed by atoms with E-state index in [1.165, 1.54) is 16.7 Å². The molecule has 0 amide bonds. The van der Waals surface area contributed by atoms with E-state index in [4.69, 9.17) is 0 Å². The van der Waals surface area contributed by atoms with Crippen molar-refractivity contribution in [2.24, 2.45) is 0 Å². The first-order chi connectivity index (χ1) is 11.7. The third-order valence-electron chi connectivity index (χ3n) is 4.42. The van der Waals surface area contributed by atoms with Crippen LogP contribution in [0.1, 0.15) is 42.5 Å². The average Bonchev–Trinajstić information content (AvgIpc) is 2.63. The lowest BCUT2D eigenvalue weighted by molar-refractivity contribution is 0.757. The molecule has 0 aliphatic carbocycles. The quantitative estimate of drug-likeness (QED) is 0.640. The van der Waals surface area contributed by atoms with E-state index in [-0.39, 0.29) is 6.04 Å². The minimum Gasteiger partial charge on any atom is -0.364 e. The van der Waals surface area contributed by atoms with Gasteiger partial charge in [-0.05, 0) is 48.1 Å². The zero-order chi connectivity index (χ0) is 16.8. The lowest BCUT2D eigenvalue weighted by Crippen LogP contribution is -2.08. The molecule has 0 aliphatic rings. The molecular formula is C22H24N2. The first kappa shape index (κ1) is 16.3. The molecule has 122 valence electrons. The summed E-state index contributed by atoms with van der Waals surface area (Å²) in [6, 6.07) is 25.8. The van der Waals surface area contributed by atoms with Crippen molar-refractivity contribution < 1.29 is 0 Å².